The number of ether oxygens (including phenoxy) is 2. The van der Waals surface area contributed by atoms with Gasteiger partial charge in [0.1, 0.15) is 45.7 Å². The van der Waals surface area contributed by atoms with Crippen LogP contribution >= 0.6 is 45.1 Å². The van der Waals surface area contributed by atoms with E-state index >= 15 is 0 Å². The summed E-state index contributed by atoms with van der Waals surface area (Å²) in [6, 6.07) is -4.01. The summed E-state index contributed by atoms with van der Waals surface area (Å²) >= 11 is 6.85. The van der Waals surface area contributed by atoms with Crippen molar-refractivity contribution in [3.05, 3.63) is 32.2 Å². The predicted molar refractivity (Wildman–Crippen MR) is 198 cm³/mol. The van der Waals surface area contributed by atoms with Gasteiger partial charge in [-0.2, -0.15) is 0 Å². The zero-order valence-electron chi connectivity index (χ0n) is 29.0. The summed E-state index contributed by atoms with van der Waals surface area (Å²) in [6.07, 6.45) is -0.0300. The van der Waals surface area contributed by atoms with Crippen LogP contribution in [0.3, 0.4) is 0 Å². The highest BCUT2D eigenvalue weighted by Crippen LogP contribution is 2.29. The Morgan fingerprint density at radius 3 is 1.66 bits per heavy atom. The van der Waals surface area contributed by atoms with Gasteiger partial charge in [-0.05, 0) is 45.4 Å². The molecule has 14 nitrogen and oxygen atoms in total. The molecule has 8 atom stereocenters. The van der Waals surface area contributed by atoms with E-state index in [1.54, 1.807) is 31.5 Å². The van der Waals surface area contributed by atoms with Gasteiger partial charge in [-0.1, -0.05) is 38.5 Å². The minimum atomic E-state index is -0.872. The van der Waals surface area contributed by atoms with Crippen molar-refractivity contribution in [2.24, 2.45) is 21.8 Å². The fourth-order valence-corrected chi connectivity index (χ4v) is 8.35. The Morgan fingerprint density at radius 2 is 1.18 bits per heavy atom. The molecule has 0 aliphatic carbocycles. The molecule has 5 rings (SSSR count). The van der Waals surface area contributed by atoms with Crippen molar-refractivity contribution in [3.8, 4) is 0 Å². The Balaban J connectivity index is 1.50. The molecule has 0 spiro atoms. The van der Waals surface area contributed by atoms with Crippen molar-refractivity contribution in [2.45, 2.75) is 110 Å². The Hall–Kier alpha value is -3.22. The lowest BCUT2D eigenvalue weighted by Gasteiger charge is -2.21. The van der Waals surface area contributed by atoms with Gasteiger partial charge in [0.15, 0.2) is 12.1 Å². The fraction of sp³-hybridized carbons (Fsp3) is 0.625. The van der Waals surface area contributed by atoms with Gasteiger partial charge in [-0.15, -0.1) is 34.3 Å². The molecule has 3 aliphatic rings. The van der Waals surface area contributed by atoms with Crippen molar-refractivity contribution < 1.29 is 28.7 Å². The van der Waals surface area contributed by atoms with Crippen molar-refractivity contribution in [1.29, 1.82) is 0 Å². The number of rotatable bonds is 6. The molecule has 4 N–H and O–H groups in total. The number of amides is 4. The Bertz CT molecular complexity index is 1640. The molecule has 3 aliphatic heterocycles. The van der Waals surface area contributed by atoms with Crippen LogP contribution in [0.15, 0.2) is 20.7 Å². The van der Waals surface area contributed by atoms with Gasteiger partial charge in [0.2, 0.25) is 23.6 Å². The number of thiazole rings is 2. The normalized spacial score (nSPS) is 29.2. The number of aromatic nitrogens is 2. The largest absolute Gasteiger partial charge is 0.474 e. The van der Waals surface area contributed by atoms with Crippen LogP contribution in [-0.4, -0.2) is 87.5 Å². The second-order valence-corrected chi connectivity index (χ2v) is 16.7. The molecule has 0 saturated heterocycles. The molecule has 2 aromatic heterocycles. The molecule has 18 heteroatoms. The van der Waals surface area contributed by atoms with Crippen LogP contribution in [-0.2, 0) is 19.1 Å². The SMILES string of the molecule is CC(C)CC1NC(=O)[C@H]2N=C(O[C@@H]2C)C(CSS)NC(=O)c2csc(n2)[C@@H](CC(C)C)NC(=O)C2N=C(O[C@@H]2C)[C@@H](C)NC(=O)c2csc1n2. The predicted octanol–water partition coefficient (Wildman–Crippen LogP) is 3.89. The molecule has 8 bridgehead atoms. The van der Waals surface area contributed by atoms with Crippen molar-refractivity contribution in [3.63, 3.8) is 0 Å². The van der Waals surface area contributed by atoms with Crippen LogP contribution in [0.25, 0.3) is 0 Å². The molecular weight excluding hydrogens is 721 g/mol. The van der Waals surface area contributed by atoms with Gasteiger partial charge in [0.05, 0.1) is 12.1 Å². The molecule has 0 saturated carbocycles. The summed E-state index contributed by atoms with van der Waals surface area (Å²) in [7, 11) is 1.20. The third kappa shape index (κ3) is 8.98. The quantitative estimate of drug-likeness (QED) is 0.215. The average molecular weight is 765 g/mol. The van der Waals surface area contributed by atoms with E-state index in [0.29, 0.717) is 28.6 Å². The first-order valence-corrected chi connectivity index (χ1v) is 20.4. The second kappa shape index (κ2) is 16.4. The average Bonchev–Trinajstić information content (AvgIpc) is 3.85. The summed E-state index contributed by atoms with van der Waals surface area (Å²) in [5, 5.41) is 16.4. The Labute approximate surface area is 308 Å². The van der Waals surface area contributed by atoms with Crippen molar-refractivity contribution in [2.75, 3.05) is 5.75 Å². The van der Waals surface area contributed by atoms with Gasteiger partial charge in [0.25, 0.3) is 11.8 Å². The van der Waals surface area contributed by atoms with Crippen molar-refractivity contribution in [1.82, 2.24) is 31.2 Å². The van der Waals surface area contributed by atoms with Crippen LogP contribution in [0.5, 0.6) is 0 Å². The molecule has 2 aromatic rings. The molecule has 272 valence electrons. The maximum atomic E-state index is 13.7. The summed E-state index contributed by atoms with van der Waals surface area (Å²) in [5.41, 5.74) is 0.370. The van der Waals surface area contributed by atoms with Crippen LogP contribution < -0.4 is 21.3 Å². The van der Waals surface area contributed by atoms with E-state index in [4.69, 9.17) is 9.47 Å². The highest BCUT2D eigenvalue weighted by Gasteiger charge is 2.40. The molecule has 4 amide bonds. The molecule has 3 unspecified atom stereocenters. The first-order valence-electron chi connectivity index (χ1n) is 16.6. The molecule has 0 fully saturated rings. The number of nitrogens with zero attached hydrogens (tertiary/aromatic N) is 4. The third-order valence-electron chi connectivity index (χ3n) is 8.29. The molecular formula is C32H44N8O6S4. The lowest BCUT2D eigenvalue weighted by molar-refractivity contribution is -0.125. The summed E-state index contributed by atoms with van der Waals surface area (Å²) in [5.74, 6) is -0.407. The highest BCUT2D eigenvalue weighted by molar-refractivity contribution is 8.68. The number of nitrogens with one attached hydrogen (secondary N) is 4. The van der Waals surface area contributed by atoms with Crippen LogP contribution in [0.2, 0.25) is 0 Å². The topological polar surface area (TPSA) is 185 Å². The lowest BCUT2D eigenvalue weighted by atomic mass is 10.0. The molecule has 50 heavy (non-hydrogen) atoms. The fourth-order valence-electron chi connectivity index (χ4n) is 5.80. The Kier molecular flexibility index (Phi) is 12.5. The number of carbonyl (C=O) groups excluding carboxylic acids is 4. The number of thiol groups is 1. The number of carbonyl (C=O) groups is 4. The van der Waals surface area contributed by atoms with Gasteiger partial charge >= 0.3 is 0 Å². The van der Waals surface area contributed by atoms with Crippen LogP contribution in [0, 0.1) is 11.8 Å². The maximum absolute atomic E-state index is 13.7. The summed E-state index contributed by atoms with van der Waals surface area (Å²) in [4.78, 5) is 72.5. The van der Waals surface area contributed by atoms with Crippen LogP contribution in [0.4, 0.5) is 0 Å². The van der Waals surface area contributed by atoms with Gasteiger partial charge in [-0.3, -0.25) is 19.2 Å². The van der Waals surface area contributed by atoms with Crippen molar-refractivity contribution >= 4 is 80.6 Å². The Morgan fingerprint density at radius 1 is 0.720 bits per heavy atom. The smallest absolute Gasteiger partial charge is 0.271 e. The van der Waals surface area contributed by atoms with E-state index in [9.17, 15) is 19.2 Å². The first kappa shape index (κ1) is 38.0. The lowest BCUT2D eigenvalue weighted by Crippen LogP contribution is -2.43. The molecule has 0 aromatic carbocycles. The van der Waals surface area contributed by atoms with Gasteiger partial charge < -0.3 is 30.7 Å². The summed E-state index contributed by atoms with van der Waals surface area (Å²) in [6.45, 7) is 13.4. The number of fused-ring (bicyclic) bond motifs is 6. The minimum absolute atomic E-state index is 0.180. The first-order chi connectivity index (χ1) is 23.7. The molecule has 5 heterocycles. The number of aliphatic imine (C=N–C) groups is 2. The van der Waals surface area contributed by atoms with Gasteiger partial charge in [-0.25, -0.2) is 20.0 Å². The highest BCUT2D eigenvalue weighted by atomic mass is 33.1. The third-order valence-corrected chi connectivity index (χ3v) is 11.1. The van der Waals surface area contributed by atoms with E-state index in [2.05, 4.69) is 52.9 Å². The number of hydrogen-bond donors (Lipinski definition) is 5. The van der Waals surface area contributed by atoms with Gasteiger partial charge in [0, 0.05) is 16.5 Å². The summed E-state index contributed by atoms with van der Waals surface area (Å²) < 4.78 is 12.0. The van der Waals surface area contributed by atoms with E-state index in [0.717, 1.165) is 0 Å². The minimum Gasteiger partial charge on any atom is -0.474 e. The monoisotopic (exact) mass is 764 g/mol. The maximum Gasteiger partial charge on any atom is 0.271 e. The number of hydrogen-bond acceptors (Lipinski definition) is 14. The standard InChI is InChI=1S/C32H44N8O6S4/c1-13(2)8-18-31-37-20(10-48-31)25(41)33-15(5)29-39-23(16(6)45-29)27(43)34-19(9-14(3)4)32-38-21(11-49-32)26(42)36-22(12-50-47)30-40-24(17(7)46-30)28(44)35-18/h10-11,13-19,22-24,47H,8-9,12H2,1-7H3,(H,33,41)(H,34,43)(H,35,44)(H,36,42)/t15-,16-,17-,18?,19-,22?,23?,24+/m1/s1. The van der Waals surface area contributed by atoms with E-state index < -0.39 is 60.3 Å². The zero-order chi connectivity index (χ0) is 36.3. The molecule has 0 radical (unpaired) electrons. The van der Waals surface area contributed by atoms with E-state index in [1.807, 2.05) is 27.7 Å². The van der Waals surface area contributed by atoms with E-state index in [-0.39, 0.29) is 46.8 Å². The van der Waals surface area contributed by atoms with Crippen LogP contribution in [0.1, 0.15) is 104 Å². The zero-order valence-corrected chi connectivity index (χ0v) is 32.3. The second-order valence-electron chi connectivity index (χ2n) is 13.5. The van der Waals surface area contributed by atoms with E-state index in [1.165, 1.54) is 33.5 Å².